The Balaban J connectivity index is 1.83. The molecule has 1 aromatic rings. The zero-order chi connectivity index (χ0) is 18.4. The summed E-state index contributed by atoms with van der Waals surface area (Å²) in [6.45, 7) is 7.63. The van der Waals surface area contributed by atoms with E-state index in [4.69, 9.17) is 5.73 Å². The van der Waals surface area contributed by atoms with Gasteiger partial charge in [0.2, 0.25) is 5.91 Å². The first-order valence-electron chi connectivity index (χ1n) is 8.86. The van der Waals surface area contributed by atoms with Crippen molar-refractivity contribution in [1.29, 1.82) is 0 Å². The second kappa shape index (κ2) is 8.34. The molecule has 1 atom stereocenters. The van der Waals surface area contributed by atoms with Crippen LogP contribution in [0.15, 0.2) is 30.3 Å². The lowest BCUT2D eigenvalue weighted by Gasteiger charge is -2.41. The van der Waals surface area contributed by atoms with Crippen LogP contribution in [0.1, 0.15) is 32.3 Å². The lowest BCUT2D eigenvalue weighted by molar-refractivity contribution is -0.133. The van der Waals surface area contributed by atoms with Gasteiger partial charge in [-0.25, -0.2) is 4.79 Å². The van der Waals surface area contributed by atoms with E-state index in [1.165, 1.54) is 5.56 Å². The molecule has 1 saturated heterocycles. The van der Waals surface area contributed by atoms with Crippen LogP contribution in [-0.4, -0.2) is 54.5 Å². The normalized spacial score (nSPS) is 18.4. The van der Waals surface area contributed by atoms with Gasteiger partial charge in [-0.05, 0) is 43.8 Å². The molecule has 1 aromatic carbocycles. The van der Waals surface area contributed by atoms with E-state index in [1.807, 2.05) is 6.07 Å². The maximum Gasteiger partial charge on any atom is 0.312 e. The van der Waals surface area contributed by atoms with Gasteiger partial charge in [-0.15, -0.1) is 0 Å². The minimum Gasteiger partial charge on any atom is -0.352 e. The molecule has 138 valence electrons. The summed E-state index contributed by atoms with van der Waals surface area (Å²) in [7, 11) is 1.79. The predicted molar refractivity (Wildman–Crippen MR) is 98.9 cm³/mol. The minimum absolute atomic E-state index is 0.101. The number of likely N-dealkylation sites (tertiary alicyclic amines) is 1. The van der Waals surface area contributed by atoms with Crippen LogP contribution in [0, 0.1) is 5.41 Å². The first-order chi connectivity index (χ1) is 11.8. The Kier molecular flexibility index (Phi) is 6.42. The smallest absolute Gasteiger partial charge is 0.312 e. The number of likely N-dealkylation sites (N-methyl/N-ethyl adjacent to an activating group) is 1. The fourth-order valence-corrected chi connectivity index (χ4v) is 3.51. The van der Waals surface area contributed by atoms with E-state index in [9.17, 15) is 9.59 Å². The molecule has 0 bridgehead atoms. The van der Waals surface area contributed by atoms with E-state index in [-0.39, 0.29) is 11.3 Å². The molecule has 1 aliphatic heterocycles. The number of nitrogens with two attached hydrogens (primary N) is 1. The summed E-state index contributed by atoms with van der Waals surface area (Å²) in [6.07, 6.45) is 2.10. The molecule has 1 fully saturated rings. The topological polar surface area (TPSA) is 78.7 Å². The van der Waals surface area contributed by atoms with Crippen molar-refractivity contribution in [3.63, 3.8) is 0 Å². The number of hydrogen-bond donors (Lipinski definition) is 2. The van der Waals surface area contributed by atoms with Gasteiger partial charge in [0.1, 0.15) is 6.04 Å². The lowest BCUT2D eigenvalue weighted by atomic mass is 9.79. The third-order valence-electron chi connectivity index (χ3n) is 5.04. The highest BCUT2D eigenvalue weighted by Gasteiger charge is 2.33. The zero-order valence-corrected chi connectivity index (χ0v) is 15.5. The fourth-order valence-electron chi connectivity index (χ4n) is 3.51. The molecular formula is C19H30N4O2. The van der Waals surface area contributed by atoms with Gasteiger partial charge in [0.05, 0.1) is 0 Å². The Bertz CT molecular complexity index is 582. The molecule has 1 aliphatic rings. The third kappa shape index (κ3) is 5.74. The molecule has 3 N–H and O–H groups in total. The van der Waals surface area contributed by atoms with Gasteiger partial charge in [0.15, 0.2) is 0 Å². The summed E-state index contributed by atoms with van der Waals surface area (Å²) < 4.78 is 0. The van der Waals surface area contributed by atoms with Crippen LogP contribution in [0.3, 0.4) is 0 Å². The van der Waals surface area contributed by atoms with E-state index in [0.29, 0.717) is 6.54 Å². The number of primary amides is 1. The van der Waals surface area contributed by atoms with E-state index >= 15 is 0 Å². The van der Waals surface area contributed by atoms with Crippen LogP contribution in [0.25, 0.3) is 0 Å². The molecule has 6 heteroatoms. The highest BCUT2D eigenvalue weighted by Crippen LogP contribution is 2.32. The van der Waals surface area contributed by atoms with Crippen LogP contribution in [-0.2, 0) is 11.3 Å². The molecule has 0 aliphatic carbocycles. The number of piperidine rings is 1. The number of rotatable bonds is 6. The lowest BCUT2D eigenvalue weighted by Crippen LogP contribution is -2.51. The number of amides is 3. The highest BCUT2D eigenvalue weighted by molar-refractivity contribution is 5.86. The Labute approximate surface area is 150 Å². The second-order valence-corrected chi connectivity index (χ2v) is 7.50. The van der Waals surface area contributed by atoms with E-state index < -0.39 is 12.1 Å². The van der Waals surface area contributed by atoms with Crippen LogP contribution < -0.4 is 11.1 Å². The number of carbonyl (C=O) groups excluding carboxylic acids is 2. The summed E-state index contributed by atoms with van der Waals surface area (Å²) in [6, 6.07) is 9.24. The minimum atomic E-state index is -0.672. The first kappa shape index (κ1) is 19.2. The second-order valence-electron chi connectivity index (χ2n) is 7.50. The molecule has 2 rings (SSSR count). The standard InChI is InChI=1S/C19H30N4O2/c1-15(21-18(20)25)17(24)22(3)14-19(2)9-11-23(12-10-19)13-16-7-5-4-6-8-16/h4-8,15H,9-14H2,1-3H3,(H3,20,21,25). The average molecular weight is 346 g/mol. The average Bonchev–Trinajstić information content (AvgIpc) is 2.56. The number of nitrogens with one attached hydrogen (secondary N) is 1. The number of hydrogen-bond acceptors (Lipinski definition) is 3. The maximum absolute atomic E-state index is 12.3. The van der Waals surface area contributed by atoms with Gasteiger partial charge < -0.3 is 16.0 Å². The van der Waals surface area contributed by atoms with Crippen molar-refractivity contribution in [3.8, 4) is 0 Å². The zero-order valence-electron chi connectivity index (χ0n) is 15.5. The van der Waals surface area contributed by atoms with Crippen molar-refractivity contribution in [3.05, 3.63) is 35.9 Å². The van der Waals surface area contributed by atoms with Crippen LogP contribution in [0.4, 0.5) is 4.79 Å². The third-order valence-corrected chi connectivity index (χ3v) is 5.04. The number of benzene rings is 1. The van der Waals surface area contributed by atoms with E-state index in [2.05, 4.69) is 41.4 Å². The predicted octanol–water partition coefficient (Wildman–Crippen LogP) is 1.80. The van der Waals surface area contributed by atoms with E-state index in [1.54, 1.807) is 18.9 Å². The summed E-state index contributed by atoms with van der Waals surface area (Å²) in [5, 5.41) is 2.45. The SMILES string of the molecule is CC(NC(N)=O)C(=O)N(C)CC1(C)CCN(Cc2ccccc2)CC1. The maximum atomic E-state index is 12.3. The number of nitrogens with zero attached hydrogens (tertiary/aromatic N) is 2. The molecule has 1 unspecified atom stereocenters. The van der Waals surface area contributed by atoms with Gasteiger partial charge in [-0.2, -0.15) is 0 Å². The summed E-state index contributed by atoms with van der Waals surface area (Å²) in [5.74, 6) is -0.105. The van der Waals surface area contributed by atoms with Crippen LogP contribution in [0.5, 0.6) is 0 Å². The van der Waals surface area contributed by atoms with Crippen molar-refractivity contribution < 1.29 is 9.59 Å². The monoisotopic (exact) mass is 346 g/mol. The molecule has 0 radical (unpaired) electrons. The van der Waals surface area contributed by atoms with Crippen LogP contribution in [0.2, 0.25) is 0 Å². The molecule has 6 nitrogen and oxygen atoms in total. The Morgan fingerprint density at radius 3 is 2.44 bits per heavy atom. The summed E-state index contributed by atoms with van der Waals surface area (Å²) in [5.41, 5.74) is 6.53. The molecule has 3 amide bonds. The van der Waals surface area contributed by atoms with Crippen molar-refractivity contribution in [2.45, 2.75) is 39.3 Å². The number of urea groups is 1. The van der Waals surface area contributed by atoms with Crippen molar-refractivity contribution >= 4 is 11.9 Å². The Hall–Kier alpha value is -2.08. The van der Waals surface area contributed by atoms with Gasteiger partial charge in [-0.3, -0.25) is 9.69 Å². The van der Waals surface area contributed by atoms with Crippen molar-refractivity contribution in [1.82, 2.24) is 15.1 Å². The quantitative estimate of drug-likeness (QED) is 0.824. The van der Waals surface area contributed by atoms with Gasteiger partial charge in [0.25, 0.3) is 0 Å². The number of carbonyl (C=O) groups is 2. The van der Waals surface area contributed by atoms with Gasteiger partial charge >= 0.3 is 6.03 Å². The fraction of sp³-hybridized carbons (Fsp3) is 0.579. The summed E-state index contributed by atoms with van der Waals surface area (Å²) >= 11 is 0. The first-order valence-corrected chi connectivity index (χ1v) is 8.86. The van der Waals surface area contributed by atoms with Gasteiger partial charge in [-0.1, -0.05) is 37.3 Å². The van der Waals surface area contributed by atoms with Gasteiger partial charge in [0, 0.05) is 20.1 Å². The molecule has 0 aromatic heterocycles. The Morgan fingerprint density at radius 1 is 1.28 bits per heavy atom. The van der Waals surface area contributed by atoms with E-state index in [0.717, 1.165) is 32.5 Å². The highest BCUT2D eigenvalue weighted by atomic mass is 16.2. The van der Waals surface area contributed by atoms with Crippen molar-refractivity contribution in [2.75, 3.05) is 26.7 Å². The largest absolute Gasteiger partial charge is 0.352 e. The Morgan fingerprint density at radius 2 is 1.88 bits per heavy atom. The molecule has 25 heavy (non-hydrogen) atoms. The van der Waals surface area contributed by atoms with Crippen molar-refractivity contribution in [2.24, 2.45) is 11.1 Å². The molecular weight excluding hydrogens is 316 g/mol. The molecule has 0 spiro atoms. The molecule has 1 heterocycles. The summed E-state index contributed by atoms with van der Waals surface area (Å²) in [4.78, 5) is 27.4. The van der Waals surface area contributed by atoms with Crippen LogP contribution >= 0.6 is 0 Å². The molecule has 0 saturated carbocycles.